The molecule has 1 aromatic carbocycles. The van der Waals surface area contributed by atoms with Crippen molar-refractivity contribution in [2.24, 2.45) is 0 Å². The number of hydrogen-bond donors (Lipinski definition) is 2. The lowest BCUT2D eigenvalue weighted by molar-refractivity contribution is 0.158. The largest absolute Gasteiger partial charge is 0.495 e. The van der Waals surface area contributed by atoms with Gasteiger partial charge in [0.1, 0.15) is 5.75 Å². The van der Waals surface area contributed by atoms with E-state index in [2.05, 4.69) is 5.32 Å². The summed E-state index contributed by atoms with van der Waals surface area (Å²) in [6.45, 7) is 2.04. The predicted octanol–water partition coefficient (Wildman–Crippen LogP) is 1.96. The molecule has 0 atom stereocenters. The lowest BCUT2D eigenvalue weighted by atomic mass is 9.74. The van der Waals surface area contributed by atoms with Gasteiger partial charge in [-0.15, -0.1) is 0 Å². The van der Waals surface area contributed by atoms with Gasteiger partial charge in [0, 0.05) is 5.41 Å². The van der Waals surface area contributed by atoms with Gasteiger partial charge in [0.05, 0.1) is 18.7 Å². The number of aliphatic hydroxyl groups excluding tert-OH is 1. The van der Waals surface area contributed by atoms with Crippen molar-refractivity contribution in [1.29, 1.82) is 0 Å². The maximum Gasteiger partial charge on any atom is 0.137 e. The molecule has 0 bridgehead atoms. The Balaban J connectivity index is 2.36. The minimum absolute atomic E-state index is 0.150. The van der Waals surface area contributed by atoms with E-state index in [4.69, 9.17) is 16.3 Å². The van der Waals surface area contributed by atoms with Gasteiger partial charge in [0.25, 0.3) is 0 Å². The van der Waals surface area contributed by atoms with E-state index >= 15 is 0 Å². The fourth-order valence-electron chi connectivity index (χ4n) is 2.43. The van der Waals surface area contributed by atoms with Crippen molar-refractivity contribution in [2.75, 3.05) is 26.8 Å². The van der Waals surface area contributed by atoms with Gasteiger partial charge in [-0.3, -0.25) is 0 Å². The van der Waals surface area contributed by atoms with Gasteiger partial charge in [-0.2, -0.15) is 0 Å². The Morgan fingerprint density at radius 1 is 1.41 bits per heavy atom. The van der Waals surface area contributed by atoms with Gasteiger partial charge in [-0.25, -0.2) is 0 Å². The molecular formula is C13H18ClNO2. The summed E-state index contributed by atoms with van der Waals surface area (Å²) in [6, 6.07) is 5.78. The first-order valence-corrected chi connectivity index (χ1v) is 6.25. The fourth-order valence-corrected chi connectivity index (χ4v) is 2.63. The number of halogens is 1. The Morgan fingerprint density at radius 2 is 2.12 bits per heavy atom. The number of benzene rings is 1. The van der Waals surface area contributed by atoms with Crippen LogP contribution < -0.4 is 10.1 Å². The summed E-state index contributed by atoms with van der Waals surface area (Å²) in [5, 5.41) is 13.7. The maximum atomic E-state index is 9.73. The summed E-state index contributed by atoms with van der Waals surface area (Å²) >= 11 is 6.02. The van der Waals surface area contributed by atoms with Gasteiger partial charge in [0.2, 0.25) is 0 Å². The van der Waals surface area contributed by atoms with Crippen LogP contribution in [0.25, 0.3) is 0 Å². The SMILES string of the molecule is COc1cc(C2(CO)CCNCC2)ccc1Cl. The zero-order valence-corrected chi connectivity index (χ0v) is 10.8. The van der Waals surface area contributed by atoms with E-state index in [1.807, 2.05) is 18.2 Å². The molecule has 0 saturated carbocycles. The first-order chi connectivity index (χ1) is 8.22. The highest BCUT2D eigenvalue weighted by Crippen LogP contribution is 2.36. The quantitative estimate of drug-likeness (QED) is 0.868. The van der Waals surface area contributed by atoms with E-state index < -0.39 is 0 Å². The molecule has 1 heterocycles. The summed E-state index contributed by atoms with van der Waals surface area (Å²) in [4.78, 5) is 0. The van der Waals surface area contributed by atoms with Crippen LogP contribution in [-0.2, 0) is 5.41 Å². The molecule has 0 aromatic heterocycles. The summed E-state index contributed by atoms with van der Waals surface area (Å²) < 4.78 is 5.24. The van der Waals surface area contributed by atoms with Crippen LogP contribution in [0.15, 0.2) is 18.2 Å². The molecule has 2 N–H and O–H groups in total. The summed E-state index contributed by atoms with van der Waals surface area (Å²) in [7, 11) is 1.61. The monoisotopic (exact) mass is 255 g/mol. The Hall–Kier alpha value is -0.770. The number of hydrogen-bond acceptors (Lipinski definition) is 3. The van der Waals surface area contributed by atoms with Crippen LogP contribution in [0.4, 0.5) is 0 Å². The van der Waals surface area contributed by atoms with E-state index in [0.717, 1.165) is 31.5 Å². The molecule has 0 radical (unpaired) electrons. The van der Waals surface area contributed by atoms with E-state index in [0.29, 0.717) is 10.8 Å². The molecule has 0 spiro atoms. The third-order valence-electron chi connectivity index (χ3n) is 3.63. The van der Waals surface area contributed by atoms with Crippen molar-refractivity contribution < 1.29 is 9.84 Å². The topological polar surface area (TPSA) is 41.5 Å². The molecule has 1 fully saturated rings. The zero-order valence-electron chi connectivity index (χ0n) is 10.0. The van der Waals surface area contributed by atoms with Gasteiger partial charge in [0.15, 0.2) is 0 Å². The van der Waals surface area contributed by atoms with Crippen LogP contribution in [0.2, 0.25) is 5.02 Å². The first kappa shape index (κ1) is 12.7. The maximum absolute atomic E-state index is 9.73. The Bertz CT molecular complexity index is 389. The molecule has 17 heavy (non-hydrogen) atoms. The Labute approximate surface area is 107 Å². The van der Waals surface area contributed by atoms with Crippen LogP contribution in [0, 0.1) is 0 Å². The third-order valence-corrected chi connectivity index (χ3v) is 3.94. The molecule has 0 unspecified atom stereocenters. The smallest absolute Gasteiger partial charge is 0.137 e. The standard InChI is InChI=1S/C13H18ClNO2/c1-17-12-8-10(2-3-11(12)14)13(9-16)4-6-15-7-5-13/h2-3,8,15-16H,4-7,9H2,1H3. The minimum Gasteiger partial charge on any atom is -0.495 e. The van der Waals surface area contributed by atoms with Crippen LogP contribution >= 0.6 is 11.6 Å². The molecule has 2 rings (SSSR count). The van der Waals surface area contributed by atoms with Crippen molar-refractivity contribution in [3.05, 3.63) is 28.8 Å². The normalized spacial score (nSPS) is 19.0. The molecule has 3 nitrogen and oxygen atoms in total. The van der Waals surface area contributed by atoms with E-state index in [-0.39, 0.29) is 12.0 Å². The average Bonchev–Trinajstić information content (AvgIpc) is 2.40. The number of rotatable bonds is 3. The van der Waals surface area contributed by atoms with Crippen molar-refractivity contribution in [3.63, 3.8) is 0 Å². The van der Waals surface area contributed by atoms with Crippen molar-refractivity contribution in [2.45, 2.75) is 18.3 Å². The number of ether oxygens (including phenoxy) is 1. The van der Waals surface area contributed by atoms with Gasteiger partial charge < -0.3 is 15.2 Å². The number of methoxy groups -OCH3 is 1. The highest BCUT2D eigenvalue weighted by atomic mass is 35.5. The lowest BCUT2D eigenvalue weighted by Gasteiger charge is -2.36. The van der Waals surface area contributed by atoms with E-state index in [1.165, 1.54) is 0 Å². The molecule has 1 aromatic rings. The van der Waals surface area contributed by atoms with Gasteiger partial charge in [-0.05, 0) is 43.6 Å². The molecule has 1 aliphatic rings. The summed E-state index contributed by atoms with van der Waals surface area (Å²) in [5.41, 5.74) is 0.964. The van der Waals surface area contributed by atoms with Crippen LogP contribution in [0.5, 0.6) is 5.75 Å². The van der Waals surface area contributed by atoms with Crippen LogP contribution in [0.1, 0.15) is 18.4 Å². The molecule has 1 aliphatic heterocycles. The van der Waals surface area contributed by atoms with Crippen LogP contribution in [0.3, 0.4) is 0 Å². The third kappa shape index (κ3) is 2.41. The highest BCUT2D eigenvalue weighted by molar-refractivity contribution is 6.32. The number of nitrogens with one attached hydrogen (secondary N) is 1. The summed E-state index contributed by atoms with van der Waals surface area (Å²) in [6.07, 6.45) is 1.88. The fraction of sp³-hybridized carbons (Fsp3) is 0.538. The second kappa shape index (κ2) is 5.25. The number of aliphatic hydroxyl groups is 1. The average molecular weight is 256 g/mol. The van der Waals surface area contributed by atoms with Gasteiger partial charge in [-0.1, -0.05) is 17.7 Å². The first-order valence-electron chi connectivity index (χ1n) is 5.87. The number of piperidine rings is 1. The molecule has 1 saturated heterocycles. The predicted molar refractivity (Wildman–Crippen MR) is 68.9 cm³/mol. The van der Waals surface area contributed by atoms with Crippen molar-refractivity contribution in [3.8, 4) is 5.75 Å². The highest BCUT2D eigenvalue weighted by Gasteiger charge is 2.33. The van der Waals surface area contributed by atoms with E-state index in [1.54, 1.807) is 7.11 Å². The molecular weight excluding hydrogens is 238 g/mol. The molecule has 94 valence electrons. The second-order valence-corrected chi connectivity index (χ2v) is 4.94. The molecule has 4 heteroatoms. The van der Waals surface area contributed by atoms with Crippen molar-refractivity contribution in [1.82, 2.24) is 5.32 Å². The Morgan fingerprint density at radius 3 is 2.71 bits per heavy atom. The Kier molecular flexibility index (Phi) is 3.92. The van der Waals surface area contributed by atoms with Crippen LogP contribution in [-0.4, -0.2) is 31.9 Å². The second-order valence-electron chi connectivity index (χ2n) is 4.54. The molecule has 0 amide bonds. The van der Waals surface area contributed by atoms with Crippen molar-refractivity contribution >= 4 is 11.6 Å². The zero-order chi connectivity index (χ0) is 12.3. The van der Waals surface area contributed by atoms with Gasteiger partial charge >= 0.3 is 0 Å². The van der Waals surface area contributed by atoms with E-state index in [9.17, 15) is 5.11 Å². The summed E-state index contributed by atoms with van der Waals surface area (Å²) in [5.74, 6) is 0.676. The lowest BCUT2D eigenvalue weighted by Crippen LogP contribution is -2.42. The molecule has 0 aliphatic carbocycles. The minimum atomic E-state index is -0.150.